The molecule has 1 amide bonds. The van der Waals surface area contributed by atoms with Crippen molar-refractivity contribution < 1.29 is 13.7 Å². The fourth-order valence-corrected chi connectivity index (χ4v) is 2.34. The van der Waals surface area contributed by atoms with Crippen LogP contribution in [-0.2, 0) is 13.0 Å². The van der Waals surface area contributed by atoms with Crippen molar-refractivity contribution in [2.24, 2.45) is 0 Å². The molecule has 1 N–H and O–H groups in total. The van der Waals surface area contributed by atoms with E-state index in [2.05, 4.69) is 15.5 Å². The summed E-state index contributed by atoms with van der Waals surface area (Å²) in [6.07, 6.45) is 2.11. The number of carbonyl (C=O) groups excluding carboxylic acids is 1. The largest absolute Gasteiger partial charge is 0.467 e. The molecule has 3 heterocycles. The molecular formula is C13H11N3O3S. The standard InChI is InChI=1S/C13H11N3O3S/c17-12(14-8-9-3-1-5-18-9)13-15-11(16-19-13)7-10-4-2-6-20-10/h1-6H,7-8H2,(H,14,17). The molecule has 0 saturated carbocycles. The van der Waals surface area contributed by atoms with Crippen molar-refractivity contribution in [2.45, 2.75) is 13.0 Å². The van der Waals surface area contributed by atoms with E-state index in [-0.39, 0.29) is 12.4 Å². The van der Waals surface area contributed by atoms with E-state index in [1.54, 1.807) is 29.7 Å². The van der Waals surface area contributed by atoms with Crippen LogP contribution in [0, 0.1) is 0 Å². The van der Waals surface area contributed by atoms with Crippen LogP contribution in [0.5, 0.6) is 0 Å². The highest BCUT2D eigenvalue weighted by molar-refractivity contribution is 7.09. The van der Waals surface area contributed by atoms with Gasteiger partial charge in [0.1, 0.15) is 5.76 Å². The number of amides is 1. The van der Waals surface area contributed by atoms with Gasteiger partial charge in [0.2, 0.25) is 0 Å². The molecule has 0 unspecified atom stereocenters. The van der Waals surface area contributed by atoms with Gasteiger partial charge in [-0.2, -0.15) is 4.98 Å². The second-order valence-electron chi connectivity index (χ2n) is 4.03. The highest BCUT2D eigenvalue weighted by Crippen LogP contribution is 2.12. The number of carbonyl (C=O) groups is 1. The third kappa shape index (κ3) is 2.94. The Kier molecular flexibility index (Phi) is 3.60. The zero-order valence-corrected chi connectivity index (χ0v) is 11.2. The van der Waals surface area contributed by atoms with Crippen LogP contribution in [0.4, 0.5) is 0 Å². The maximum atomic E-state index is 11.8. The number of hydrogen-bond acceptors (Lipinski definition) is 6. The summed E-state index contributed by atoms with van der Waals surface area (Å²) in [6.45, 7) is 0.286. The zero-order valence-electron chi connectivity index (χ0n) is 10.4. The quantitative estimate of drug-likeness (QED) is 0.779. The summed E-state index contributed by atoms with van der Waals surface area (Å²) in [4.78, 5) is 17.0. The molecule has 3 aromatic rings. The first kappa shape index (κ1) is 12.6. The maximum Gasteiger partial charge on any atom is 0.315 e. The monoisotopic (exact) mass is 289 g/mol. The van der Waals surface area contributed by atoms with E-state index in [9.17, 15) is 4.79 Å². The van der Waals surface area contributed by atoms with Crippen LogP contribution in [0.1, 0.15) is 27.1 Å². The van der Waals surface area contributed by atoms with Crippen LogP contribution in [0.15, 0.2) is 44.8 Å². The molecule has 0 aliphatic heterocycles. The minimum atomic E-state index is -0.411. The molecule has 6 nitrogen and oxygen atoms in total. The molecule has 3 aromatic heterocycles. The lowest BCUT2D eigenvalue weighted by Crippen LogP contribution is -2.22. The number of aromatic nitrogens is 2. The van der Waals surface area contributed by atoms with Crippen molar-refractivity contribution >= 4 is 17.2 Å². The lowest BCUT2D eigenvalue weighted by atomic mass is 10.3. The number of nitrogens with one attached hydrogen (secondary N) is 1. The Morgan fingerprint density at radius 3 is 3.05 bits per heavy atom. The molecular weight excluding hydrogens is 278 g/mol. The van der Waals surface area contributed by atoms with Crippen molar-refractivity contribution in [3.8, 4) is 0 Å². The molecule has 0 aromatic carbocycles. The van der Waals surface area contributed by atoms with Gasteiger partial charge in [-0.25, -0.2) is 0 Å². The van der Waals surface area contributed by atoms with Crippen molar-refractivity contribution in [1.82, 2.24) is 15.5 Å². The number of rotatable bonds is 5. The van der Waals surface area contributed by atoms with E-state index in [4.69, 9.17) is 8.94 Å². The zero-order chi connectivity index (χ0) is 13.8. The molecule has 7 heteroatoms. The number of furan rings is 1. The Morgan fingerprint density at radius 2 is 2.30 bits per heavy atom. The third-order valence-corrected chi connectivity index (χ3v) is 3.45. The van der Waals surface area contributed by atoms with Crippen molar-refractivity contribution in [2.75, 3.05) is 0 Å². The molecule has 0 aliphatic carbocycles. The highest BCUT2D eigenvalue weighted by Gasteiger charge is 2.15. The van der Waals surface area contributed by atoms with Crippen LogP contribution >= 0.6 is 11.3 Å². The van der Waals surface area contributed by atoms with Gasteiger partial charge in [-0.05, 0) is 23.6 Å². The number of nitrogens with zero attached hydrogens (tertiary/aromatic N) is 2. The van der Waals surface area contributed by atoms with Crippen molar-refractivity contribution in [3.05, 3.63) is 58.3 Å². The number of thiophene rings is 1. The Hall–Kier alpha value is -2.41. The van der Waals surface area contributed by atoms with Crippen LogP contribution in [0.25, 0.3) is 0 Å². The average Bonchev–Trinajstić information content (AvgIpc) is 3.19. The molecule has 0 fully saturated rings. The summed E-state index contributed by atoms with van der Waals surface area (Å²) >= 11 is 1.61. The van der Waals surface area contributed by atoms with Crippen LogP contribution in [-0.4, -0.2) is 16.0 Å². The van der Waals surface area contributed by atoms with Gasteiger partial charge >= 0.3 is 11.8 Å². The summed E-state index contributed by atoms with van der Waals surface area (Å²) in [5.41, 5.74) is 0. The third-order valence-electron chi connectivity index (χ3n) is 2.58. The van der Waals surface area contributed by atoms with E-state index in [1.807, 2.05) is 17.5 Å². The predicted molar refractivity (Wildman–Crippen MR) is 71.3 cm³/mol. The smallest absolute Gasteiger partial charge is 0.315 e. The predicted octanol–water partition coefficient (Wildman–Crippen LogP) is 2.24. The molecule has 0 saturated heterocycles. The Bertz CT molecular complexity index is 674. The summed E-state index contributed by atoms with van der Waals surface area (Å²) < 4.78 is 10.1. The first-order valence-electron chi connectivity index (χ1n) is 5.97. The van der Waals surface area contributed by atoms with E-state index < -0.39 is 5.91 Å². The number of hydrogen-bond donors (Lipinski definition) is 1. The van der Waals surface area contributed by atoms with E-state index in [1.165, 1.54) is 0 Å². The van der Waals surface area contributed by atoms with Gasteiger partial charge in [0.05, 0.1) is 12.8 Å². The Labute approximate surface area is 118 Å². The van der Waals surface area contributed by atoms with Gasteiger partial charge < -0.3 is 14.3 Å². The highest BCUT2D eigenvalue weighted by atomic mass is 32.1. The summed E-state index contributed by atoms with van der Waals surface area (Å²) in [5.74, 6) is 0.710. The molecule has 102 valence electrons. The fourth-order valence-electron chi connectivity index (χ4n) is 1.64. The lowest BCUT2D eigenvalue weighted by molar-refractivity contribution is 0.0904. The van der Waals surface area contributed by atoms with Gasteiger partial charge in [0.15, 0.2) is 5.82 Å². The van der Waals surface area contributed by atoms with Crippen LogP contribution < -0.4 is 5.32 Å². The van der Waals surface area contributed by atoms with Crippen molar-refractivity contribution in [1.29, 1.82) is 0 Å². The van der Waals surface area contributed by atoms with Gasteiger partial charge in [-0.1, -0.05) is 11.2 Å². The minimum absolute atomic E-state index is 0.0388. The summed E-state index contributed by atoms with van der Waals surface area (Å²) in [6, 6.07) is 7.47. The first-order chi connectivity index (χ1) is 9.81. The molecule has 0 atom stereocenters. The second kappa shape index (κ2) is 5.70. The van der Waals surface area contributed by atoms with Crippen molar-refractivity contribution in [3.63, 3.8) is 0 Å². The molecule has 0 spiro atoms. The van der Waals surface area contributed by atoms with Gasteiger partial charge in [-0.15, -0.1) is 11.3 Å². The Morgan fingerprint density at radius 1 is 1.35 bits per heavy atom. The summed E-state index contributed by atoms with van der Waals surface area (Å²) in [5, 5.41) is 8.42. The van der Waals surface area contributed by atoms with E-state index >= 15 is 0 Å². The van der Waals surface area contributed by atoms with Gasteiger partial charge in [0.25, 0.3) is 0 Å². The van der Waals surface area contributed by atoms with E-state index in [0.29, 0.717) is 18.0 Å². The Balaban J connectivity index is 1.59. The van der Waals surface area contributed by atoms with Gasteiger partial charge in [0, 0.05) is 11.3 Å². The summed E-state index contributed by atoms with van der Waals surface area (Å²) in [7, 11) is 0. The van der Waals surface area contributed by atoms with E-state index in [0.717, 1.165) is 4.88 Å². The molecule has 20 heavy (non-hydrogen) atoms. The topological polar surface area (TPSA) is 81.2 Å². The lowest BCUT2D eigenvalue weighted by Gasteiger charge is -1.97. The average molecular weight is 289 g/mol. The molecule has 0 radical (unpaired) electrons. The fraction of sp³-hybridized carbons (Fsp3) is 0.154. The van der Waals surface area contributed by atoms with Crippen LogP contribution in [0.2, 0.25) is 0 Å². The SMILES string of the molecule is O=C(NCc1ccco1)c1nc(Cc2cccs2)no1. The molecule has 0 bridgehead atoms. The first-order valence-corrected chi connectivity index (χ1v) is 6.85. The van der Waals surface area contributed by atoms with Gasteiger partial charge in [-0.3, -0.25) is 4.79 Å². The second-order valence-corrected chi connectivity index (χ2v) is 5.07. The molecule has 0 aliphatic rings. The minimum Gasteiger partial charge on any atom is -0.467 e. The molecule has 3 rings (SSSR count). The maximum absolute atomic E-state index is 11.8. The van der Waals surface area contributed by atoms with Crippen LogP contribution in [0.3, 0.4) is 0 Å². The normalized spacial score (nSPS) is 10.6.